The molecule has 0 aliphatic heterocycles. The van der Waals surface area contributed by atoms with Crippen molar-refractivity contribution in [2.75, 3.05) is 10.6 Å². The van der Waals surface area contributed by atoms with Gasteiger partial charge in [0, 0.05) is 23.6 Å². The molecule has 4 N–H and O–H groups in total. The minimum absolute atomic E-state index is 0.0654. The van der Waals surface area contributed by atoms with Gasteiger partial charge in [-0.2, -0.15) is 13.2 Å². The van der Waals surface area contributed by atoms with E-state index in [0.717, 1.165) is 12.1 Å². The summed E-state index contributed by atoms with van der Waals surface area (Å²) in [5, 5.41) is 4.30. The maximum absolute atomic E-state index is 13.3. The lowest BCUT2D eigenvalue weighted by Crippen LogP contribution is -2.42. The molecule has 4 aromatic rings. The summed E-state index contributed by atoms with van der Waals surface area (Å²) in [5.41, 5.74) is 3.95. The minimum atomic E-state index is -4.68. The smallest absolute Gasteiger partial charge is 0.417 e. The molecule has 9 nitrogen and oxygen atoms in total. The van der Waals surface area contributed by atoms with E-state index in [4.69, 9.17) is 16.3 Å². The second-order valence-electron chi connectivity index (χ2n) is 8.58. The zero-order valence-electron chi connectivity index (χ0n) is 21.3. The van der Waals surface area contributed by atoms with Gasteiger partial charge in [0.05, 0.1) is 17.0 Å². The lowest BCUT2D eigenvalue weighted by Gasteiger charge is -2.13. The van der Waals surface area contributed by atoms with Crippen LogP contribution in [0.25, 0.3) is 0 Å². The second-order valence-corrected chi connectivity index (χ2v) is 8.99. The van der Waals surface area contributed by atoms with Crippen molar-refractivity contribution in [1.82, 2.24) is 15.8 Å². The third kappa shape index (κ3) is 8.41. The Morgan fingerprint density at radius 3 is 2.26 bits per heavy atom. The Balaban J connectivity index is 1.29. The Labute approximate surface area is 240 Å². The molecule has 0 saturated carbocycles. The largest absolute Gasteiger partial charge is 0.457 e. The summed E-state index contributed by atoms with van der Waals surface area (Å²) in [6, 6.07) is 16.5. The number of carbonyl (C=O) groups is 3. The zero-order chi connectivity index (χ0) is 30.3. The van der Waals surface area contributed by atoms with E-state index >= 15 is 0 Å². The van der Waals surface area contributed by atoms with Crippen molar-refractivity contribution >= 4 is 40.8 Å². The van der Waals surface area contributed by atoms with Crippen LogP contribution in [0.4, 0.5) is 33.7 Å². The number of ether oxygens (including phenoxy) is 1. The number of pyridine rings is 1. The van der Waals surface area contributed by atoms with Crippen molar-refractivity contribution in [3.05, 3.63) is 113 Å². The van der Waals surface area contributed by atoms with Gasteiger partial charge >= 0.3 is 12.2 Å². The molecule has 1 aromatic heterocycles. The van der Waals surface area contributed by atoms with Crippen molar-refractivity contribution in [2.24, 2.45) is 0 Å². The summed E-state index contributed by atoms with van der Waals surface area (Å²) >= 11 is 5.59. The van der Waals surface area contributed by atoms with E-state index in [0.29, 0.717) is 17.0 Å². The Morgan fingerprint density at radius 2 is 1.55 bits per heavy atom. The van der Waals surface area contributed by atoms with Crippen LogP contribution in [0.15, 0.2) is 85.1 Å². The van der Waals surface area contributed by atoms with Crippen molar-refractivity contribution in [3.8, 4) is 11.5 Å². The number of nitrogens with zero attached hydrogens (tertiary/aromatic N) is 1. The number of benzene rings is 3. The number of anilines is 2. The summed E-state index contributed by atoms with van der Waals surface area (Å²) in [4.78, 5) is 40.7. The van der Waals surface area contributed by atoms with Crippen LogP contribution in [0.2, 0.25) is 5.02 Å². The molecule has 0 fully saturated rings. The Morgan fingerprint density at radius 1 is 0.833 bits per heavy atom. The van der Waals surface area contributed by atoms with Gasteiger partial charge in [0.1, 0.15) is 23.0 Å². The fourth-order valence-corrected chi connectivity index (χ4v) is 3.75. The van der Waals surface area contributed by atoms with Crippen LogP contribution >= 0.6 is 11.6 Å². The first kappa shape index (κ1) is 29.8. The van der Waals surface area contributed by atoms with Gasteiger partial charge < -0.3 is 15.4 Å². The molecule has 1 heterocycles. The van der Waals surface area contributed by atoms with Gasteiger partial charge in [-0.05, 0) is 66.2 Å². The van der Waals surface area contributed by atoms with Crippen LogP contribution in [0.5, 0.6) is 11.5 Å². The molecule has 3 aromatic carbocycles. The van der Waals surface area contributed by atoms with Crippen molar-refractivity contribution in [2.45, 2.75) is 12.6 Å². The molecule has 14 heteroatoms. The molecule has 0 aliphatic carbocycles. The third-order valence-electron chi connectivity index (χ3n) is 5.41. The lowest BCUT2D eigenvalue weighted by molar-refractivity contribution is -0.137. The number of hydrogen-bond donors (Lipinski definition) is 4. The first-order valence-corrected chi connectivity index (χ1v) is 12.4. The number of alkyl halides is 3. The van der Waals surface area contributed by atoms with Gasteiger partial charge in [-0.3, -0.25) is 25.4 Å². The molecule has 0 aliphatic rings. The molecular formula is C28H20ClF4N5O4. The normalized spacial score (nSPS) is 10.9. The third-order valence-corrected chi connectivity index (χ3v) is 5.74. The maximum atomic E-state index is 13.3. The zero-order valence-corrected chi connectivity index (χ0v) is 22.0. The van der Waals surface area contributed by atoms with Gasteiger partial charge in [-0.1, -0.05) is 23.7 Å². The summed E-state index contributed by atoms with van der Waals surface area (Å²) in [7, 11) is 0. The average molecular weight is 602 g/mol. The van der Waals surface area contributed by atoms with E-state index in [1.54, 1.807) is 6.07 Å². The summed E-state index contributed by atoms with van der Waals surface area (Å²) in [5.74, 6) is -1.20. The SMILES string of the molecule is O=C(Cc1cccc(F)c1)NNC(=O)c1cc(Oc2ccc(NC(=O)Nc3ccc(Cl)c(C(F)(F)F)c3)cc2)ccn1. The van der Waals surface area contributed by atoms with Crippen molar-refractivity contribution in [1.29, 1.82) is 0 Å². The van der Waals surface area contributed by atoms with Crippen LogP contribution in [0, 0.1) is 5.82 Å². The molecule has 42 heavy (non-hydrogen) atoms. The fourth-order valence-electron chi connectivity index (χ4n) is 3.52. The number of aromatic nitrogens is 1. The average Bonchev–Trinajstić information content (AvgIpc) is 2.93. The van der Waals surface area contributed by atoms with Crippen molar-refractivity contribution in [3.63, 3.8) is 0 Å². The number of hydrazine groups is 1. The summed E-state index contributed by atoms with van der Waals surface area (Å²) in [6.45, 7) is 0. The lowest BCUT2D eigenvalue weighted by atomic mass is 10.1. The van der Waals surface area contributed by atoms with Gasteiger partial charge in [0.15, 0.2) is 0 Å². The highest BCUT2D eigenvalue weighted by Gasteiger charge is 2.33. The van der Waals surface area contributed by atoms with Gasteiger partial charge in [0.2, 0.25) is 5.91 Å². The molecule has 0 bridgehead atoms. The topological polar surface area (TPSA) is 121 Å². The van der Waals surface area contributed by atoms with E-state index in [9.17, 15) is 31.9 Å². The number of nitrogens with one attached hydrogen (secondary N) is 4. The monoisotopic (exact) mass is 601 g/mol. The minimum Gasteiger partial charge on any atom is -0.457 e. The predicted molar refractivity (Wildman–Crippen MR) is 146 cm³/mol. The molecule has 4 rings (SSSR count). The molecule has 4 amide bonds. The summed E-state index contributed by atoms with van der Waals surface area (Å²) < 4.78 is 58.1. The molecule has 0 unspecified atom stereocenters. The number of carbonyl (C=O) groups excluding carboxylic acids is 3. The number of amides is 4. The highest BCUT2D eigenvalue weighted by atomic mass is 35.5. The number of rotatable bonds is 7. The summed E-state index contributed by atoms with van der Waals surface area (Å²) in [6.07, 6.45) is -3.51. The van der Waals surface area contributed by atoms with E-state index in [1.807, 2.05) is 0 Å². The number of halogens is 5. The molecule has 0 spiro atoms. The highest BCUT2D eigenvalue weighted by Crippen LogP contribution is 2.36. The van der Waals surface area contributed by atoms with E-state index in [2.05, 4.69) is 26.5 Å². The van der Waals surface area contributed by atoms with Crippen LogP contribution in [0.1, 0.15) is 21.6 Å². The van der Waals surface area contributed by atoms with Gasteiger partial charge in [-0.25, -0.2) is 9.18 Å². The molecule has 0 radical (unpaired) electrons. The number of urea groups is 1. The highest BCUT2D eigenvalue weighted by molar-refractivity contribution is 6.31. The van der Waals surface area contributed by atoms with Crippen LogP contribution in [-0.4, -0.2) is 22.8 Å². The first-order chi connectivity index (χ1) is 20.0. The van der Waals surface area contributed by atoms with E-state index in [1.165, 1.54) is 66.9 Å². The Hall–Kier alpha value is -5.17. The molecule has 0 atom stereocenters. The van der Waals surface area contributed by atoms with Gasteiger partial charge in [-0.15, -0.1) is 0 Å². The van der Waals surface area contributed by atoms with Crippen LogP contribution in [0.3, 0.4) is 0 Å². The van der Waals surface area contributed by atoms with E-state index < -0.39 is 40.4 Å². The fraction of sp³-hybridized carbons (Fsp3) is 0.0714. The van der Waals surface area contributed by atoms with Crippen molar-refractivity contribution < 1.29 is 36.7 Å². The number of hydrogen-bond acceptors (Lipinski definition) is 5. The standard InChI is InChI=1S/C28H20ClF4N5O4/c29-23-9-6-19(14-22(23)28(31,32)33)36-27(41)35-18-4-7-20(8-5-18)42-21-10-11-34-24(15-21)26(40)38-37-25(39)13-16-2-1-3-17(30)12-16/h1-12,14-15H,13H2,(H,37,39)(H,38,40)(H2,35,36,41). The Bertz CT molecular complexity index is 1620. The van der Waals surface area contributed by atoms with Crippen LogP contribution < -0.4 is 26.2 Å². The van der Waals surface area contributed by atoms with E-state index in [-0.39, 0.29) is 23.6 Å². The van der Waals surface area contributed by atoms with Crippen LogP contribution in [-0.2, 0) is 17.4 Å². The predicted octanol–water partition coefficient (Wildman–Crippen LogP) is 6.33. The maximum Gasteiger partial charge on any atom is 0.417 e. The molecule has 216 valence electrons. The second kappa shape index (κ2) is 13.0. The quantitative estimate of drug-likeness (QED) is 0.146. The molecular weight excluding hydrogens is 582 g/mol. The Kier molecular flexibility index (Phi) is 9.22. The molecule has 0 saturated heterocycles. The first-order valence-electron chi connectivity index (χ1n) is 12.0. The van der Waals surface area contributed by atoms with Gasteiger partial charge in [0.25, 0.3) is 5.91 Å².